The van der Waals surface area contributed by atoms with Gasteiger partial charge in [0.2, 0.25) is 5.91 Å². The van der Waals surface area contributed by atoms with Crippen LogP contribution in [0.2, 0.25) is 10.0 Å². The molecule has 108 valence electrons. The zero-order valence-corrected chi connectivity index (χ0v) is 12.5. The maximum atomic E-state index is 11.7. The number of carbonyl (C=O) groups is 1. The van der Waals surface area contributed by atoms with Crippen molar-refractivity contribution < 1.29 is 9.90 Å². The summed E-state index contributed by atoms with van der Waals surface area (Å²) < 4.78 is 0. The first-order valence-electron chi connectivity index (χ1n) is 6.63. The molecule has 0 spiro atoms. The molecule has 0 bridgehead atoms. The number of benzene rings is 1. The van der Waals surface area contributed by atoms with Crippen molar-refractivity contribution in [2.45, 2.75) is 25.4 Å². The van der Waals surface area contributed by atoms with Gasteiger partial charge in [-0.3, -0.25) is 4.79 Å². The second-order valence-corrected chi connectivity index (χ2v) is 5.92. The van der Waals surface area contributed by atoms with E-state index in [4.69, 9.17) is 23.2 Å². The molecule has 1 amide bonds. The average Bonchev–Trinajstić information content (AvgIpc) is 2.83. The lowest BCUT2D eigenvalue weighted by molar-refractivity contribution is -0.116. The van der Waals surface area contributed by atoms with Gasteiger partial charge in [-0.25, -0.2) is 0 Å². The fourth-order valence-corrected chi connectivity index (χ4v) is 2.71. The first-order valence-corrected chi connectivity index (χ1v) is 7.39. The first-order chi connectivity index (χ1) is 9.54. The molecule has 2 rings (SSSR count). The standard InChI is InChI=1S/C15H17Cl2NO2/c16-12-3-5-14(17)11(8-12)2-6-15(20)18-9-10-1-4-13(19)7-10/h2-3,5-6,8,10,13,19H,1,4,7,9H2,(H,18,20)/b6-2+. The number of amides is 1. The first kappa shape index (κ1) is 15.4. The van der Waals surface area contributed by atoms with E-state index in [0.29, 0.717) is 28.1 Å². The molecule has 2 atom stereocenters. The fourth-order valence-electron chi connectivity index (χ4n) is 2.35. The van der Waals surface area contributed by atoms with E-state index in [2.05, 4.69) is 5.32 Å². The van der Waals surface area contributed by atoms with Gasteiger partial charge in [-0.05, 0) is 55.0 Å². The predicted octanol–water partition coefficient (Wildman–Crippen LogP) is 3.28. The van der Waals surface area contributed by atoms with Gasteiger partial charge in [-0.1, -0.05) is 23.2 Å². The van der Waals surface area contributed by atoms with E-state index < -0.39 is 0 Å². The average molecular weight is 314 g/mol. The highest BCUT2D eigenvalue weighted by Crippen LogP contribution is 2.24. The number of carbonyl (C=O) groups excluding carboxylic acids is 1. The molecule has 0 aliphatic heterocycles. The quantitative estimate of drug-likeness (QED) is 0.838. The molecule has 1 aromatic rings. The predicted molar refractivity (Wildman–Crippen MR) is 81.9 cm³/mol. The number of aliphatic hydroxyl groups excluding tert-OH is 1. The van der Waals surface area contributed by atoms with Gasteiger partial charge in [0.05, 0.1) is 6.10 Å². The monoisotopic (exact) mass is 313 g/mol. The number of nitrogens with one attached hydrogen (secondary N) is 1. The summed E-state index contributed by atoms with van der Waals surface area (Å²) in [7, 11) is 0. The third-order valence-electron chi connectivity index (χ3n) is 3.45. The van der Waals surface area contributed by atoms with Crippen molar-refractivity contribution in [3.05, 3.63) is 39.9 Å². The minimum atomic E-state index is -0.210. The highest BCUT2D eigenvalue weighted by atomic mass is 35.5. The van der Waals surface area contributed by atoms with E-state index in [0.717, 1.165) is 19.3 Å². The Bertz CT molecular complexity index is 517. The zero-order chi connectivity index (χ0) is 14.5. The van der Waals surface area contributed by atoms with Gasteiger partial charge in [0.15, 0.2) is 0 Å². The number of hydrogen-bond donors (Lipinski definition) is 2. The van der Waals surface area contributed by atoms with Crippen LogP contribution < -0.4 is 5.32 Å². The van der Waals surface area contributed by atoms with Gasteiger partial charge in [0, 0.05) is 22.7 Å². The van der Waals surface area contributed by atoms with E-state index in [1.807, 2.05) is 0 Å². The Hall–Kier alpha value is -1.03. The molecule has 0 saturated heterocycles. The van der Waals surface area contributed by atoms with E-state index >= 15 is 0 Å². The van der Waals surface area contributed by atoms with Gasteiger partial charge in [-0.2, -0.15) is 0 Å². The SMILES string of the molecule is O=C(/C=C/c1cc(Cl)ccc1Cl)NCC1CCC(O)C1. The normalized spacial score (nSPS) is 22.4. The van der Waals surface area contributed by atoms with Crippen molar-refractivity contribution in [2.75, 3.05) is 6.54 Å². The van der Waals surface area contributed by atoms with E-state index in [-0.39, 0.29) is 12.0 Å². The zero-order valence-electron chi connectivity index (χ0n) is 11.0. The van der Waals surface area contributed by atoms with Crippen molar-refractivity contribution in [1.29, 1.82) is 0 Å². The fraction of sp³-hybridized carbons (Fsp3) is 0.400. The van der Waals surface area contributed by atoms with E-state index in [1.165, 1.54) is 6.08 Å². The maximum Gasteiger partial charge on any atom is 0.244 e. The maximum absolute atomic E-state index is 11.7. The number of hydrogen-bond acceptors (Lipinski definition) is 2. The molecule has 0 heterocycles. The molecular weight excluding hydrogens is 297 g/mol. The minimum Gasteiger partial charge on any atom is -0.393 e. The van der Waals surface area contributed by atoms with Gasteiger partial charge >= 0.3 is 0 Å². The molecule has 1 aliphatic rings. The summed E-state index contributed by atoms with van der Waals surface area (Å²) in [6, 6.07) is 5.11. The van der Waals surface area contributed by atoms with E-state index in [9.17, 15) is 9.90 Å². The van der Waals surface area contributed by atoms with E-state index in [1.54, 1.807) is 24.3 Å². The van der Waals surface area contributed by atoms with Crippen molar-refractivity contribution in [1.82, 2.24) is 5.32 Å². The number of rotatable bonds is 4. The van der Waals surface area contributed by atoms with Crippen LogP contribution in [0.5, 0.6) is 0 Å². The van der Waals surface area contributed by atoms with Crippen LogP contribution in [-0.4, -0.2) is 23.7 Å². The highest BCUT2D eigenvalue weighted by Gasteiger charge is 2.22. The van der Waals surface area contributed by atoms with Crippen LogP contribution in [0.1, 0.15) is 24.8 Å². The highest BCUT2D eigenvalue weighted by molar-refractivity contribution is 6.34. The third kappa shape index (κ3) is 4.51. The Labute approximate surface area is 128 Å². The summed E-state index contributed by atoms with van der Waals surface area (Å²) in [6.45, 7) is 0.601. The molecule has 1 aromatic carbocycles. The van der Waals surface area contributed by atoms with Crippen molar-refractivity contribution in [2.24, 2.45) is 5.92 Å². The molecule has 3 nitrogen and oxygen atoms in total. The Balaban J connectivity index is 1.84. The summed E-state index contributed by atoms with van der Waals surface area (Å²) in [4.78, 5) is 11.7. The van der Waals surface area contributed by atoms with Crippen molar-refractivity contribution in [3.8, 4) is 0 Å². The van der Waals surface area contributed by atoms with Crippen LogP contribution in [0.3, 0.4) is 0 Å². The number of halogens is 2. The van der Waals surface area contributed by atoms with Crippen LogP contribution in [0.4, 0.5) is 0 Å². The lowest BCUT2D eigenvalue weighted by atomic mass is 10.1. The van der Waals surface area contributed by atoms with Gasteiger partial charge in [0.25, 0.3) is 0 Å². The molecule has 0 radical (unpaired) electrons. The minimum absolute atomic E-state index is 0.164. The van der Waals surface area contributed by atoms with Gasteiger partial charge in [-0.15, -0.1) is 0 Å². The summed E-state index contributed by atoms with van der Waals surface area (Å²) in [5.74, 6) is 0.208. The molecular formula is C15H17Cl2NO2. The lowest BCUT2D eigenvalue weighted by Crippen LogP contribution is -2.26. The molecule has 2 unspecified atom stereocenters. The second kappa shape index (κ2) is 7.11. The second-order valence-electron chi connectivity index (χ2n) is 5.08. The van der Waals surface area contributed by atoms with Crippen LogP contribution in [0.15, 0.2) is 24.3 Å². The Kier molecular flexibility index (Phi) is 5.46. The molecule has 20 heavy (non-hydrogen) atoms. The van der Waals surface area contributed by atoms with Crippen LogP contribution in [0, 0.1) is 5.92 Å². The molecule has 1 aliphatic carbocycles. The molecule has 2 N–H and O–H groups in total. The third-order valence-corrected chi connectivity index (χ3v) is 4.03. The van der Waals surface area contributed by atoms with Crippen LogP contribution >= 0.6 is 23.2 Å². The van der Waals surface area contributed by atoms with Crippen LogP contribution in [-0.2, 0) is 4.79 Å². The van der Waals surface area contributed by atoms with Gasteiger partial charge in [0.1, 0.15) is 0 Å². The molecule has 1 fully saturated rings. The Morgan fingerprint density at radius 2 is 2.20 bits per heavy atom. The topological polar surface area (TPSA) is 49.3 Å². The van der Waals surface area contributed by atoms with Gasteiger partial charge < -0.3 is 10.4 Å². The number of aliphatic hydroxyl groups is 1. The lowest BCUT2D eigenvalue weighted by Gasteiger charge is -2.09. The molecule has 1 saturated carbocycles. The Morgan fingerprint density at radius 3 is 2.90 bits per heavy atom. The molecule has 5 heteroatoms. The van der Waals surface area contributed by atoms with Crippen molar-refractivity contribution in [3.63, 3.8) is 0 Å². The smallest absolute Gasteiger partial charge is 0.244 e. The summed E-state index contributed by atoms with van der Waals surface area (Å²) in [5.41, 5.74) is 0.714. The van der Waals surface area contributed by atoms with Crippen molar-refractivity contribution >= 4 is 35.2 Å². The summed E-state index contributed by atoms with van der Waals surface area (Å²) in [6.07, 6.45) is 5.44. The van der Waals surface area contributed by atoms with Crippen LogP contribution in [0.25, 0.3) is 6.08 Å². The molecule has 0 aromatic heterocycles. The summed E-state index contributed by atoms with van der Waals surface area (Å²) in [5, 5.41) is 13.4. The largest absolute Gasteiger partial charge is 0.393 e. The Morgan fingerprint density at radius 1 is 1.40 bits per heavy atom. The summed E-state index contributed by atoms with van der Waals surface area (Å²) >= 11 is 11.9.